The van der Waals surface area contributed by atoms with Crippen molar-refractivity contribution in [3.05, 3.63) is 0 Å². The Hall–Kier alpha value is -0.130. The van der Waals surface area contributed by atoms with E-state index in [0.717, 1.165) is 38.8 Å². The van der Waals surface area contributed by atoms with Gasteiger partial charge in [0.1, 0.15) is 0 Å². The fraction of sp³-hybridized carbons (Fsp3) is 1.00. The summed E-state index contributed by atoms with van der Waals surface area (Å²) in [7, 11) is -2.93. The van der Waals surface area contributed by atoms with Crippen molar-refractivity contribution in [2.24, 2.45) is 0 Å². The molecule has 80 valence electrons. The second kappa shape index (κ2) is 2.93. The fourth-order valence-corrected chi connectivity index (χ4v) is 4.96. The molecule has 4 nitrogen and oxygen atoms in total. The van der Waals surface area contributed by atoms with E-state index in [1.165, 1.54) is 0 Å². The third-order valence-corrected chi connectivity index (χ3v) is 6.05. The van der Waals surface area contributed by atoms with Crippen molar-refractivity contribution in [2.45, 2.75) is 43.0 Å². The second-order valence-corrected chi connectivity index (χ2v) is 6.74. The minimum absolute atomic E-state index is 0.0382. The van der Waals surface area contributed by atoms with Crippen LogP contribution in [-0.4, -0.2) is 43.1 Å². The SMILES string of the molecule is O=S(=O)(C1CC1)N1C2CCC1CNC2. The number of hydrogen-bond donors (Lipinski definition) is 1. The highest BCUT2D eigenvalue weighted by Gasteiger charge is 2.49. The van der Waals surface area contributed by atoms with Gasteiger partial charge in [0.05, 0.1) is 5.25 Å². The quantitative estimate of drug-likeness (QED) is 0.702. The molecule has 0 aromatic heterocycles. The predicted molar refractivity (Wildman–Crippen MR) is 53.5 cm³/mol. The molecule has 1 saturated carbocycles. The van der Waals surface area contributed by atoms with Crippen LogP contribution in [-0.2, 0) is 10.0 Å². The average Bonchev–Trinajstić information content (AvgIpc) is 2.94. The summed E-state index contributed by atoms with van der Waals surface area (Å²) in [6, 6.07) is 0.499. The van der Waals surface area contributed by atoms with Crippen LogP contribution in [0.5, 0.6) is 0 Å². The molecule has 1 N–H and O–H groups in total. The first kappa shape index (κ1) is 9.12. The Labute approximate surface area is 84.7 Å². The minimum Gasteiger partial charge on any atom is -0.314 e. The van der Waals surface area contributed by atoms with E-state index in [0.29, 0.717) is 0 Å². The van der Waals surface area contributed by atoms with Gasteiger partial charge in [0.25, 0.3) is 0 Å². The Morgan fingerprint density at radius 1 is 1.00 bits per heavy atom. The lowest BCUT2D eigenvalue weighted by atomic mass is 10.2. The molecular formula is C9H16N2O2S. The molecule has 3 rings (SSSR count). The molecule has 1 aliphatic carbocycles. The van der Waals surface area contributed by atoms with Gasteiger partial charge in [0.2, 0.25) is 10.0 Å². The maximum absolute atomic E-state index is 12.1. The highest BCUT2D eigenvalue weighted by atomic mass is 32.2. The summed E-state index contributed by atoms with van der Waals surface area (Å²) in [5.41, 5.74) is 0. The third-order valence-electron chi connectivity index (χ3n) is 3.55. The topological polar surface area (TPSA) is 49.4 Å². The van der Waals surface area contributed by atoms with Gasteiger partial charge in [0, 0.05) is 25.2 Å². The molecule has 2 aliphatic heterocycles. The van der Waals surface area contributed by atoms with Crippen molar-refractivity contribution < 1.29 is 8.42 Å². The molecule has 14 heavy (non-hydrogen) atoms. The molecule has 0 spiro atoms. The molecule has 2 saturated heterocycles. The Kier molecular flexibility index (Phi) is 1.91. The van der Waals surface area contributed by atoms with Crippen molar-refractivity contribution in [3.8, 4) is 0 Å². The summed E-state index contributed by atoms with van der Waals surface area (Å²) in [5, 5.41) is 3.26. The van der Waals surface area contributed by atoms with Gasteiger partial charge in [-0.2, -0.15) is 4.31 Å². The molecule has 5 heteroatoms. The van der Waals surface area contributed by atoms with E-state index < -0.39 is 10.0 Å². The van der Waals surface area contributed by atoms with Crippen molar-refractivity contribution in [1.82, 2.24) is 9.62 Å². The van der Waals surface area contributed by atoms with Gasteiger partial charge in [-0.25, -0.2) is 8.42 Å². The Morgan fingerprint density at radius 2 is 1.57 bits per heavy atom. The third kappa shape index (κ3) is 1.22. The summed E-state index contributed by atoms with van der Waals surface area (Å²) < 4.78 is 26.0. The number of piperazine rings is 1. The van der Waals surface area contributed by atoms with Gasteiger partial charge in [-0.3, -0.25) is 0 Å². The number of nitrogens with zero attached hydrogens (tertiary/aromatic N) is 1. The van der Waals surface area contributed by atoms with Crippen LogP contribution >= 0.6 is 0 Å². The highest BCUT2D eigenvalue weighted by Crippen LogP contribution is 2.38. The van der Waals surface area contributed by atoms with Crippen LogP contribution in [0.4, 0.5) is 0 Å². The van der Waals surface area contributed by atoms with Crippen LogP contribution in [0.3, 0.4) is 0 Å². The molecule has 2 bridgehead atoms. The molecule has 0 amide bonds. The molecule has 2 unspecified atom stereocenters. The summed E-state index contributed by atoms with van der Waals surface area (Å²) in [6.07, 6.45) is 3.85. The van der Waals surface area contributed by atoms with Crippen LogP contribution < -0.4 is 5.32 Å². The van der Waals surface area contributed by atoms with Crippen molar-refractivity contribution >= 4 is 10.0 Å². The highest BCUT2D eigenvalue weighted by molar-refractivity contribution is 7.90. The van der Waals surface area contributed by atoms with Gasteiger partial charge < -0.3 is 5.32 Å². The zero-order valence-electron chi connectivity index (χ0n) is 8.15. The zero-order valence-corrected chi connectivity index (χ0v) is 8.96. The first-order chi connectivity index (χ1) is 6.69. The summed E-state index contributed by atoms with van der Waals surface area (Å²) in [5.74, 6) is 0. The Morgan fingerprint density at radius 3 is 2.07 bits per heavy atom. The van der Waals surface area contributed by atoms with Gasteiger partial charge in [0.15, 0.2) is 0 Å². The van der Waals surface area contributed by atoms with E-state index in [2.05, 4.69) is 5.32 Å². The van der Waals surface area contributed by atoms with E-state index in [1.54, 1.807) is 0 Å². The number of fused-ring (bicyclic) bond motifs is 2. The monoisotopic (exact) mass is 216 g/mol. The Bertz CT molecular complexity index is 321. The van der Waals surface area contributed by atoms with Gasteiger partial charge >= 0.3 is 0 Å². The smallest absolute Gasteiger partial charge is 0.217 e. The number of rotatable bonds is 2. The van der Waals surface area contributed by atoms with Crippen molar-refractivity contribution in [2.75, 3.05) is 13.1 Å². The lowest BCUT2D eigenvalue weighted by Crippen LogP contribution is -2.54. The molecule has 3 fully saturated rings. The lowest BCUT2D eigenvalue weighted by Gasteiger charge is -2.34. The molecule has 2 atom stereocenters. The molecule has 0 aromatic carbocycles. The Balaban J connectivity index is 1.90. The first-order valence-electron chi connectivity index (χ1n) is 5.42. The number of nitrogens with one attached hydrogen (secondary N) is 1. The van der Waals surface area contributed by atoms with E-state index >= 15 is 0 Å². The molecular weight excluding hydrogens is 200 g/mol. The largest absolute Gasteiger partial charge is 0.314 e. The standard InChI is InChI=1S/C9H16N2O2S/c12-14(13,9-3-4-9)11-7-1-2-8(11)6-10-5-7/h7-10H,1-6H2. The van der Waals surface area contributed by atoms with E-state index in [4.69, 9.17) is 0 Å². The van der Waals surface area contributed by atoms with E-state index in [9.17, 15) is 8.42 Å². The van der Waals surface area contributed by atoms with Gasteiger partial charge in [-0.15, -0.1) is 0 Å². The maximum Gasteiger partial charge on any atom is 0.217 e. The minimum atomic E-state index is -2.93. The second-order valence-electron chi connectivity index (χ2n) is 4.62. The van der Waals surface area contributed by atoms with Gasteiger partial charge in [-0.1, -0.05) is 0 Å². The van der Waals surface area contributed by atoms with Gasteiger partial charge in [-0.05, 0) is 25.7 Å². The van der Waals surface area contributed by atoms with Crippen LogP contribution in [0.25, 0.3) is 0 Å². The van der Waals surface area contributed by atoms with Crippen LogP contribution in [0.2, 0.25) is 0 Å². The van der Waals surface area contributed by atoms with Crippen molar-refractivity contribution in [3.63, 3.8) is 0 Å². The zero-order chi connectivity index (χ0) is 9.76. The molecule has 0 radical (unpaired) electrons. The van der Waals surface area contributed by atoms with Crippen LogP contribution in [0.15, 0.2) is 0 Å². The fourth-order valence-electron chi connectivity index (χ4n) is 2.69. The van der Waals surface area contributed by atoms with Crippen molar-refractivity contribution in [1.29, 1.82) is 0 Å². The summed E-state index contributed by atoms with van der Waals surface area (Å²) in [4.78, 5) is 0. The lowest BCUT2D eigenvalue weighted by molar-refractivity contribution is 0.263. The summed E-state index contributed by atoms with van der Waals surface area (Å²) in [6.45, 7) is 1.70. The molecule has 2 heterocycles. The molecule has 0 aromatic rings. The average molecular weight is 216 g/mol. The van der Waals surface area contributed by atoms with E-state index in [-0.39, 0.29) is 17.3 Å². The number of sulfonamides is 1. The predicted octanol–water partition coefficient (Wildman–Crippen LogP) is -0.0852. The van der Waals surface area contributed by atoms with Crippen LogP contribution in [0.1, 0.15) is 25.7 Å². The van der Waals surface area contributed by atoms with Crippen LogP contribution in [0, 0.1) is 0 Å². The number of hydrogen-bond acceptors (Lipinski definition) is 3. The maximum atomic E-state index is 12.1. The normalized spacial score (nSPS) is 38.9. The first-order valence-corrected chi connectivity index (χ1v) is 6.93. The van der Waals surface area contributed by atoms with E-state index in [1.807, 2.05) is 4.31 Å². The summed E-state index contributed by atoms with van der Waals surface area (Å²) >= 11 is 0. The molecule has 3 aliphatic rings.